The Hall–Kier alpha value is -2.15. The highest BCUT2D eigenvalue weighted by Gasteiger charge is 2.07. The van der Waals surface area contributed by atoms with E-state index in [1.165, 1.54) is 30.4 Å². The number of nitrogens with one attached hydrogen (secondary N) is 2. The fraction of sp³-hybridized carbons (Fsp3) is 0.214. The van der Waals surface area contributed by atoms with E-state index in [0.717, 1.165) is 10.6 Å². The van der Waals surface area contributed by atoms with Crippen molar-refractivity contribution in [1.29, 1.82) is 0 Å². The van der Waals surface area contributed by atoms with E-state index in [9.17, 15) is 13.6 Å². The van der Waals surface area contributed by atoms with Crippen LogP contribution in [0, 0.1) is 0 Å². The molecule has 0 aliphatic carbocycles. The lowest BCUT2D eigenvalue weighted by atomic mass is 10.3. The fourth-order valence-corrected chi connectivity index (χ4v) is 2.51. The normalized spacial score (nSPS) is 10.5. The standard InChI is InChI=1S/C14H14F2N2O2S/c1-9(19)18-12-5-6-21-13(12)8-17-10-3-2-4-11(7-10)20-14(15)16/h2-7,14,17H,8H2,1H3,(H,18,19). The van der Waals surface area contributed by atoms with Crippen LogP contribution in [0.1, 0.15) is 11.8 Å². The molecule has 0 spiro atoms. The summed E-state index contributed by atoms with van der Waals surface area (Å²) in [6.07, 6.45) is 0. The van der Waals surface area contributed by atoms with Gasteiger partial charge in [0, 0.05) is 23.6 Å². The van der Waals surface area contributed by atoms with Crippen LogP contribution in [0.3, 0.4) is 0 Å². The van der Waals surface area contributed by atoms with E-state index >= 15 is 0 Å². The minimum atomic E-state index is -2.84. The Morgan fingerprint density at radius 1 is 1.38 bits per heavy atom. The van der Waals surface area contributed by atoms with E-state index in [1.54, 1.807) is 12.1 Å². The lowest BCUT2D eigenvalue weighted by Gasteiger charge is -2.10. The van der Waals surface area contributed by atoms with E-state index in [-0.39, 0.29) is 11.7 Å². The molecule has 0 saturated heterocycles. The van der Waals surface area contributed by atoms with E-state index in [0.29, 0.717) is 12.2 Å². The Balaban J connectivity index is 2.00. The Morgan fingerprint density at radius 2 is 2.19 bits per heavy atom. The summed E-state index contributed by atoms with van der Waals surface area (Å²) in [4.78, 5) is 12.0. The van der Waals surface area contributed by atoms with Crippen LogP contribution in [0.15, 0.2) is 35.7 Å². The third-order valence-electron chi connectivity index (χ3n) is 2.57. The summed E-state index contributed by atoms with van der Waals surface area (Å²) in [7, 11) is 0. The largest absolute Gasteiger partial charge is 0.435 e. The minimum absolute atomic E-state index is 0.100. The molecule has 1 aromatic heterocycles. The highest BCUT2D eigenvalue weighted by atomic mass is 32.1. The maximum atomic E-state index is 12.2. The number of carbonyl (C=O) groups excluding carboxylic acids is 1. The summed E-state index contributed by atoms with van der Waals surface area (Å²) in [5.41, 5.74) is 1.41. The molecular weight excluding hydrogens is 298 g/mol. The van der Waals surface area contributed by atoms with Gasteiger partial charge in [-0.1, -0.05) is 6.07 Å². The van der Waals surface area contributed by atoms with Gasteiger partial charge in [0.05, 0.1) is 12.2 Å². The van der Waals surface area contributed by atoms with E-state index in [4.69, 9.17) is 0 Å². The summed E-state index contributed by atoms with van der Waals surface area (Å²) in [6, 6.07) is 8.16. The molecule has 0 fully saturated rings. The SMILES string of the molecule is CC(=O)Nc1ccsc1CNc1cccc(OC(F)F)c1. The van der Waals surface area contributed by atoms with E-state index in [1.807, 2.05) is 11.4 Å². The molecular formula is C14H14F2N2O2S. The third kappa shape index (κ3) is 4.71. The Morgan fingerprint density at radius 3 is 2.90 bits per heavy atom. The van der Waals surface area contributed by atoms with Crippen LogP contribution in [0.2, 0.25) is 0 Å². The summed E-state index contributed by atoms with van der Waals surface area (Å²) in [6.45, 7) is -0.922. The number of alkyl halides is 2. The zero-order valence-electron chi connectivity index (χ0n) is 11.2. The molecule has 4 nitrogen and oxygen atoms in total. The van der Waals surface area contributed by atoms with Crippen molar-refractivity contribution in [3.63, 3.8) is 0 Å². The Kier molecular flexibility index (Phi) is 5.10. The lowest BCUT2D eigenvalue weighted by Crippen LogP contribution is -2.08. The predicted octanol–water partition coefficient (Wildman–Crippen LogP) is 3.92. The van der Waals surface area contributed by atoms with E-state index in [2.05, 4.69) is 15.4 Å². The van der Waals surface area contributed by atoms with Gasteiger partial charge in [0.2, 0.25) is 5.91 Å². The number of rotatable bonds is 6. The first kappa shape index (κ1) is 15.2. The van der Waals surface area contributed by atoms with Gasteiger partial charge in [-0.2, -0.15) is 8.78 Å². The average molecular weight is 312 g/mol. The van der Waals surface area contributed by atoms with Crippen LogP contribution in [-0.4, -0.2) is 12.5 Å². The first-order chi connectivity index (χ1) is 10.0. The van der Waals surface area contributed by atoms with Crippen LogP contribution in [0.25, 0.3) is 0 Å². The van der Waals surface area contributed by atoms with Gasteiger partial charge in [0.25, 0.3) is 0 Å². The number of anilines is 2. The van der Waals surface area contributed by atoms with E-state index < -0.39 is 6.61 Å². The van der Waals surface area contributed by atoms with Crippen molar-refractivity contribution < 1.29 is 18.3 Å². The number of carbonyl (C=O) groups is 1. The van der Waals surface area contributed by atoms with Crippen molar-refractivity contribution >= 4 is 28.6 Å². The third-order valence-corrected chi connectivity index (χ3v) is 3.49. The van der Waals surface area contributed by atoms with Gasteiger partial charge in [-0.05, 0) is 23.6 Å². The number of halogens is 2. The molecule has 7 heteroatoms. The van der Waals surface area contributed by atoms with Crippen LogP contribution in [0.4, 0.5) is 20.2 Å². The molecule has 0 atom stereocenters. The summed E-state index contributed by atoms with van der Waals surface area (Å²) in [5, 5.41) is 7.72. The molecule has 0 saturated carbocycles. The quantitative estimate of drug-likeness (QED) is 0.850. The van der Waals surface area contributed by atoms with Crippen molar-refractivity contribution in [3.05, 3.63) is 40.6 Å². The summed E-state index contributed by atoms with van der Waals surface area (Å²) < 4.78 is 28.6. The average Bonchev–Trinajstić information content (AvgIpc) is 2.82. The van der Waals surface area contributed by atoms with Crippen LogP contribution >= 0.6 is 11.3 Å². The maximum absolute atomic E-state index is 12.2. The molecule has 0 radical (unpaired) electrons. The zero-order valence-corrected chi connectivity index (χ0v) is 12.0. The van der Waals surface area contributed by atoms with Gasteiger partial charge < -0.3 is 15.4 Å². The highest BCUT2D eigenvalue weighted by Crippen LogP contribution is 2.25. The van der Waals surface area contributed by atoms with Gasteiger partial charge in [-0.15, -0.1) is 11.3 Å². The molecule has 21 heavy (non-hydrogen) atoms. The molecule has 0 aliphatic heterocycles. The fourth-order valence-electron chi connectivity index (χ4n) is 1.74. The van der Waals surface area contributed by atoms with Crippen molar-refractivity contribution in [2.24, 2.45) is 0 Å². The lowest BCUT2D eigenvalue weighted by molar-refractivity contribution is -0.114. The molecule has 0 unspecified atom stereocenters. The zero-order chi connectivity index (χ0) is 15.2. The number of hydrogen-bond donors (Lipinski definition) is 2. The summed E-state index contributed by atoms with van der Waals surface area (Å²) >= 11 is 1.50. The van der Waals surface area contributed by atoms with Crippen molar-refractivity contribution in [3.8, 4) is 5.75 Å². The molecule has 112 valence electrons. The molecule has 2 N–H and O–H groups in total. The molecule has 2 rings (SSSR count). The monoisotopic (exact) mass is 312 g/mol. The van der Waals surface area contributed by atoms with Gasteiger partial charge in [0.15, 0.2) is 0 Å². The minimum Gasteiger partial charge on any atom is -0.435 e. The van der Waals surface area contributed by atoms with Gasteiger partial charge >= 0.3 is 6.61 Å². The van der Waals surface area contributed by atoms with Crippen molar-refractivity contribution in [2.45, 2.75) is 20.1 Å². The Labute approximate surface area is 124 Å². The molecule has 0 aliphatic rings. The maximum Gasteiger partial charge on any atom is 0.387 e. The van der Waals surface area contributed by atoms with Crippen LogP contribution in [-0.2, 0) is 11.3 Å². The number of benzene rings is 1. The first-order valence-electron chi connectivity index (χ1n) is 6.17. The number of ether oxygens (including phenoxy) is 1. The topological polar surface area (TPSA) is 50.4 Å². The number of amides is 1. The Bertz CT molecular complexity index is 617. The predicted molar refractivity (Wildman–Crippen MR) is 79.0 cm³/mol. The highest BCUT2D eigenvalue weighted by molar-refractivity contribution is 7.10. The van der Waals surface area contributed by atoms with Crippen LogP contribution < -0.4 is 15.4 Å². The second-order valence-corrected chi connectivity index (χ2v) is 5.20. The molecule has 0 bridgehead atoms. The first-order valence-corrected chi connectivity index (χ1v) is 7.05. The van der Waals surface area contributed by atoms with Gasteiger partial charge in [0.1, 0.15) is 5.75 Å². The second kappa shape index (κ2) is 7.03. The van der Waals surface area contributed by atoms with Crippen molar-refractivity contribution in [1.82, 2.24) is 0 Å². The molecule has 1 aromatic carbocycles. The molecule has 2 aromatic rings. The summed E-state index contributed by atoms with van der Waals surface area (Å²) in [5.74, 6) is -0.0368. The smallest absolute Gasteiger partial charge is 0.387 e. The van der Waals surface area contributed by atoms with Crippen molar-refractivity contribution in [2.75, 3.05) is 10.6 Å². The molecule has 1 amide bonds. The van der Waals surface area contributed by atoms with Gasteiger partial charge in [-0.3, -0.25) is 4.79 Å². The van der Waals surface area contributed by atoms with Gasteiger partial charge in [-0.25, -0.2) is 0 Å². The molecule has 1 heterocycles. The second-order valence-electron chi connectivity index (χ2n) is 4.20. The van der Waals surface area contributed by atoms with Crippen LogP contribution in [0.5, 0.6) is 5.75 Å². The number of thiophene rings is 1. The number of hydrogen-bond acceptors (Lipinski definition) is 4.